The number of amides is 1. The van der Waals surface area contributed by atoms with E-state index in [0.29, 0.717) is 28.2 Å². The molecule has 0 saturated carbocycles. The molecule has 1 amide bonds. The Morgan fingerprint density at radius 2 is 1.71 bits per heavy atom. The third-order valence-corrected chi connectivity index (χ3v) is 5.94. The van der Waals surface area contributed by atoms with Crippen molar-refractivity contribution in [1.82, 2.24) is 29.5 Å². The molecule has 0 atom stereocenters. The lowest BCUT2D eigenvalue weighted by Crippen LogP contribution is -2.13. The van der Waals surface area contributed by atoms with Gasteiger partial charge in [0, 0.05) is 23.0 Å². The summed E-state index contributed by atoms with van der Waals surface area (Å²) in [5.74, 6) is -0.0114. The maximum atomic E-state index is 13.3. The van der Waals surface area contributed by atoms with Crippen LogP contribution in [0.25, 0.3) is 28.0 Å². The van der Waals surface area contributed by atoms with E-state index in [2.05, 4.69) is 35.1 Å². The number of nitrogens with zero attached hydrogens (tertiary/aromatic N) is 6. The van der Waals surface area contributed by atoms with Crippen molar-refractivity contribution < 1.29 is 18.3 Å². The molecular weight excluding hydrogens is 494 g/mol. The molecule has 38 heavy (non-hydrogen) atoms. The molecule has 0 saturated heterocycles. The average Bonchev–Trinajstić information content (AvgIpc) is 3.28. The minimum absolute atomic E-state index is 0.146. The highest BCUT2D eigenvalue weighted by Crippen LogP contribution is 2.29. The van der Waals surface area contributed by atoms with Crippen molar-refractivity contribution in [3.63, 3.8) is 0 Å². The van der Waals surface area contributed by atoms with Gasteiger partial charge in [0.15, 0.2) is 11.6 Å². The van der Waals surface area contributed by atoms with E-state index in [0.717, 1.165) is 28.1 Å². The molecule has 4 aromatic heterocycles. The van der Waals surface area contributed by atoms with Gasteiger partial charge in [-0.3, -0.25) is 4.79 Å². The largest absolute Gasteiger partial charge is 0.432 e. The molecule has 0 fully saturated rings. The molecule has 0 aliphatic rings. The normalized spacial score (nSPS) is 11.2. The van der Waals surface area contributed by atoms with Crippen molar-refractivity contribution in [3.8, 4) is 28.3 Å². The Morgan fingerprint density at radius 3 is 2.39 bits per heavy atom. The van der Waals surface area contributed by atoms with E-state index in [9.17, 15) is 13.6 Å². The molecule has 5 rings (SSSR count). The van der Waals surface area contributed by atoms with Crippen LogP contribution < -0.4 is 15.8 Å². The number of aryl methyl sites for hydroxylation is 3. The number of hydrogen-bond acceptors (Lipinski definition) is 8. The zero-order chi connectivity index (χ0) is 27.0. The second-order valence-corrected chi connectivity index (χ2v) is 8.54. The molecule has 0 radical (unpaired) electrons. The molecule has 10 nitrogen and oxygen atoms in total. The number of pyridine rings is 1. The monoisotopic (exact) mass is 516 g/mol. The number of rotatable bonds is 6. The van der Waals surface area contributed by atoms with E-state index in [1.165, 1.54) is 18.6 Å². The smallest absolute Gasteiger partial charge is 0.387 e. The van der Waals surface area contributed by atoms with E-state index in [1.807, 2.05) is 32.9 Å². The highest BCUT2D eigenvalue weighted by Gasteiger charge is 2.17. The lowest BCUT2D eigenvalue weighted by molar-refractivity contribution is -0.0503. The van der Waals surface area contributed by atoms with E-state index >= 15 is 0 Å². The van der Waals surface area contributed by atoms with Crippen molar-refractivity contribution in [2.75, 3.05) is 11.1 Å². The summed E-state index contributed by atoms with van der Waals surface area (Å²) in [5.41, 5.74) is 11.8. The third kappa shape index (κ3) is 4.83. The number of alkyl halides is 2. The van der Waals surface area contributed by atoms with Crippen LogP contribution in [0, 0.1) is 20.8 Å². The maximum absolute atomic E-state index is 13.3. The highest BCUT2D eigenvalue weighted by molar-refractivity contribution is 6.09. The summed E-state index contributed by atoms with van der Waals surface area (Å²) >= 11 is 0. The molecule has 1 aromatic carbocycles. The van der Waals surface area contributed by atoms with Crippen molar-refractivity contribution >= 4 is 23.1 Å². The van der Waals surface area contributed by atoms with Crippen LogP contribution in [0.15, 0.2) is 55.1 Å². The number of benzene rings is 1. The zero-order valence-corrected chi connectivity index (χ0v) is 20.6. The molecule has 4 heterocycles. The average molecular weight is 517 g/mol. The number of anilines is 2. The fourth-order valence-electron chi connectivity index (χ4n) is 4.19. The molecule has 0 bridgehead atoms. The minimum atomic E-state index is -2.96. The van der Waals surface area contributed by atoms with Gasteiger partial charge in [-0.15, -0.1) is 0 Å². The number of fused-ring (bicyclic) bond motifs is 1. The van der Waals surface area contributed by atoms with Gasteiger partial charge in [-0.25, -0.2) is 24.5 Å². The molecule has 0 unspecified atom stereocenters. The molecule has 3 N–H and O–H groups in total. The predicted molar refractivity (Wildman–Crippen MR) is 137 cm³/mol. The van der Waals surface area contributed by atoms with Crippen molar-refractivity contribution in [1.29, 1.82) is 0 Å². The lowest BCUT2D eigenvalue weighted by Gasteiger charge is -2.11. The highest BCUT2D eigenvalue weighted by atomic mass is 19.3. The molecule has 12 heteroatoms. The lowest BCUT2D eigenvalue weighted by atomic mass is 10.0. The SMILES string of the molecule is Cc1ccc(-c2ncc(OC(F)F)cn2)cc1NC(=O)c1cnn2ccc(-c3c(C)nc(N)nc3C)cc12. The molecule has 192 valence electrons. The maximum Gasteiger partial charge on any atom is 0.387 e. The van der Waals surface area contributed by atoms with Crippen LogP contribution in [0.1, 0.15) is 27.3 Å². The summed E-state index contributed by atoms with van der Waals surface area (Å²) in [4.78, 5) is 30.0. The fraction of sp³-hybridized carbons (Fsp3) is 0.154. The van der Waals surface area contributed by atoms with Gasteiger partial charge in [0.25, 0.3) is 5.91 Å². The Labute approximate surface area is 215 Å². The van der Waals surface area contributed by atoms with Crippen LogP contribution >= 0.6 is 0 Å². The molecule has 5 aromatic rings. The second kappa shape index (κ2) is 9.81. The number of nitrogen functional groups attached to an aromatic ring is 1. The zero-order valence-electron chi connectivity index (χ0n) is 20.6. The van der Waals surface area contributed by atoms with Gasteiger partial charge < -0.3 is 15.8 Å². The van der Waals surface area contributed by atoms with E-state index in [4.69, 9.17) is 5.73 Å². The first-order chi connectivity index (χ1) is 18.2. The summed E-state index contributed by atoms with van der Waals surface area (Å²) in [6.07, 6.45) is 5.59. The molecule has 0 aliphatic carbocycles. The Kier molecular flexibility index (Phi) is 6.37. The standard InChI is InChI=1S/C26H22F2N8O2/c1-13-4-5-17(23-30-10-18(11-31-23)38-25(27)28)8-20(13)35-24(37)19-12-32-36-7-6-16(9-21(19)36)22-14(2)33-26(29)34-15(22)3/h4-12,25H,1-3H3,(H,35,37)(H2,29,33,34). The molecular formula is C26H22F2N8O2. The van der Waals surface area contributed by atoms with Gasteiger partial charge >= 0.3 is 6.61 Å². The summed E-state index contributed by atoms with van der Waals surface area (Å²) in [6.45, 7) is 2.59. The number of carbonyl (C=O) groups excluding carboxylic acids is 1. The Balaban J connectivity index is 1.44. The van der Waals surface area contributed by atoms with Gasteiger partial charge in [0.1, 0.15) is 0 Å². The summed E-state index contributed by atoms with van der Waals surface area (Å²) in [5, 5.41) is 7.24. The van der Waals surface area contributed by atoms with Crippen molar-refractivity contribution in [2.45, 2.75) is 27.4 Å². The van der Waals surface area contributed by atoms with Crippen LogP contribution in [0.5, 0.6) is 5.75 Å². The van der Waals surface area contributed by atoms with E-state index in [1.54, 1.807) is 28.9 Å². The summed E-state index contributed by atoms with van der Waals surface area (Å²) in [7, 11) is 0. The van der Waals surface area contributed by atoms with Crippen LogP contribution in [0.3, 0.4) is 0 Å². The Morgan fingerprint density at radius 1 is 1.00 bits per heavy atom. The topological polar surface area (TPSA) is 133 Å². The van der Waals surface area contributed by atoms with E-state index in [-0.39, 0.29) is 17.6 Å². The number of halogens is 2. The number of nitrogens with one attached hydrogen (secondary N) is 1. The van der Waals surface area contributed by atoms with Crippen LogP contribution in [0.2, 0.25) is 0 Å². The predicted octanol–water partition coefficient (Wildman–Crippen LogP) is 4.61. The number of hydrogen-bond donors (Lipinski definition) is 2. The van der Waals surface area contributed by atoms with Gasteiger partial charge in [-0.2, -0.15) is 13.9 Å². The Hall–Kier alpha value is -5.00. The number of carbonyl (C=O) groups is 1. The van der Waals surface area contributed by atoms with Gasteiger partial charge in [0.05, 0.1) is 41.1 Å². The number of nitrogens with two attached hydrogens (primary N) is 1. The Bertz CT molecular complexity index is 1650. The first-order valence-corrected chi connectivity index (χ1v) is 11.5. The quantitative estimate of drug-likeness (QED) is 0.334. The van der Waals surface area contributed by atoms with E-state index < -0.39 is 6.61 Å². The van der Waals surface area contributed by atoms with Gasteiger partial charge in [-0.05, 0) is 50.1 Å². The summed E-state index contributed by atoms with van der Waals surface area (Å²) in [6, 6.07) is 9.03. The molecule has 0 aliphatic heterocycles. The van der Waals surface area contributed by atoms with Crippen molar-refractivity contribution in [2.24, 2.45) is 0 Å². The first-order valence-electron chi connectivity index (χ1n) is 11.5. The first kappa shape index (κ1) is 24.7. The minimum Gasteiger partial charge on any atom is -0.432 e. The second-order valence-electron chi connectivity index (χ2n) is 8.54. The van der Waals surface area contributed by atoms with Gasteiger partial charge in [-0.1, -0.05) is 12.1 Å². The van der Waals surface area contributed by atoms with Crippen molar-refractivity contribution in [3.05, 3.63) is 77.6 Å². The summed E-state index contributed by atoms with van der Waals surface area (Å²) < 4.78 is 30.7. The van der Waals surface area contributed by atoms with Crippen LogP contribution in [-0.4, -0.2) is 42.1 Å². The van der Waals surface area contributed by atoms with Gasteiger partial charge in [0.2, 0.25) is 5.95 Å². The molecule has 0 spiro atoms. The van der Waals surface area contributed by atoms with Crippen LogP contribution in [-0.2, 0) is 0 Å². The third-order valence-electron chi connectivity index (χ3n) is 5.94. The van der Waals surface area contributed by atoms with Crippen LogP contribution in [0.4, 0.5) is 20.4 Å². The number of ether oxygens (including phenoxy) is 1. The fourth-order valence-corrected chi connectivity index (χ4v) is 4.19. The number of aromatic nitrogens is 6.